The summed E-state index contributed by atoms with van der Waals surface area (Å²) in [6, 6.07) is 23.0. The maximum absolute atomic E-state index is 6.10. The van der Waals surface area contributed by atoms with Crippen molar-refractivity contribution in [2.75, 3.05) is 0 Å². The molecule has 3 rings (SSSR count). The molecule has 2 aromatic carbocycles. The number of benzene rings is 2. The van der Waals surface area contributed by atoms with Crippen LogP contribution in [0.5, 0.6) is 0 Å². The molecule has 100 valence electrons. The highest BCUT2D eigenvalue weighted by molar-refractivity contribution is 5.61. The molecule has 1 heteroatoms. The molecule has 1 aromatic heterocycles. The molecule has 0 atom stereocenters. The lowest BCUT2D eigenvalue weighted by Gasteiger charge is -2.00. The minimum absolute atomic E-state index is 0.848. The SMILES string of the molecule is CCc1cc(Cc2ccccc2)oc1-c1ccccc1. The normalized spacial score (nSPS) is 10.7. The number of hydrogen-bond donors (Lipinski definition) is 0. The van der Waals surface area contributed by atoms with E-state index in [1.54, 1.807) is 0 Å². The molecule has 0 bridgehead atoms. The Balaban J connectivity index is 1.93. The van der Waals surface area contributed by atoms with Crippen molar-refractivity contribution in [3.8, 4) is 11.3 Å². The maximum atomic E-state index is 6.10. The second kappa shape index (κ2) is 5.79. The van der Waals surface area contributed by atoms with Gasteiger partial charge in [-0.3, -0.25) is 0 Å². The molecule has 0 aliphatic heterocycles. The van der Waals surface area contributed by atoms with Crippen molar-refractivity contribution < 1.29 is 4.42 Å². The summed E-state index contributed by atoms with van der Waals surface area (Å²) in [7, 11) is 0. The van der Waals surface area contributed by atoms with Gasteiger partial charge < -0.3 is 4.42 Å². The summed E-state index contributed by atoms with van der Waals surface area (Å²) in [4.78, 5) is 0. The van der Waals surface area contributed by atoms with E-state index in [4.69, 9.17) is 4.42 Å². The minimum atomic E-state index is 0.848. The van der Waals surface area contributed by atoms with Gasteiger partial charge in [0.2, 0.25) is 0 Å². The van der Waals surface area contributed by atoms with E-state index in [-0.39, 0.29) is 0 Å². The Morgan fingerprint density at radius 1 is 0.850 bits per heavy atom. The highest BCUT2D eigenvalue weighted by Gasteiger charge is 2.11. The van der Waals surface area contributed by atoms with Crippen LogP contribution in [0.4, 0.5) is 0 Å². The van der Waals surface area contributed by atoms with Gasteiger partial charge in [-0.1, -0.05) is 67.6 Å². The molecule has 0 spiro atoms. The predicted molar refractivity (Wildman–Crippen MR) is 82.8 cm³/mol. The lowest BCUT2D eigenvalue weighted by Crippen LogP contribution is -1.83. The third-order valence-electron chi connectivity index (χ3n) is 3.50. The molecule has 0 fully saturated rings. The van der Waals surface area contributed by atoms with E-state index in [1.807, 2.05) is 24.3 Å². The number of hydrogen-bond acceptors (Lipinski definition) is 1. The summed E-state index contributed by atoms with van der Waals surface area (Å²) in [6.45, 7) is 2.17. The summed E-state index contributed by atoms with van der Waals surface area (Å²) in [5.74, 6) is 2.05. The van der Waals surface area contributed by atoms with Crippen molar-refractivity contribution >= 4 is 0 Å². The standard InChI is InChI=1S/C19H18O/c1-2-16-14-18(13-15-9-5-3-6-10-15)20-19(16)17-11-7-4-8-12-17/h3-12,14H,2,13H2,1H3. The van der Waals surface area contributed by atoms with Crippen LogP contribution in [-0.2, 0) is 12.8 Å². The highest BCUT2D eigenvalue weighted by Crippen LogP contribution is 2.28. The largest absolute Gasteiger partial charge is 0.460 e. The van der Waals surface area contributed by atoms with Crippen LogP contribution in [0.2, 0.25) is 0 Å². The lowest BCUT2D eigenvalue weighted by molar-refractivity contribution is 0.533. The molecule has 0 unspecified atom stereocenters. The third-order valence-corrected chi connectivity index (χ3v) is 3.50. The van der Waals surface area contributed by atoms with E-state index in [9.17, 15) is 0 Å². The fraction of sp³-hybridized carbons (Fsp3) is 0.158. The average Bonchev–Trinajstić information content (AvgIpc) is 2.92. The second-order valence-corrected chi connectivity index (χ2v) is 4.95. The van der Waals surface area contributed by atoms with Crippen LogP contribution in [0.15, 0.2) is 71.1 Å². The van der Waals surface area contributed by atoms with Crippen LogP contribution in [0.1, 0.15) is 23.8 Å². The molecule has 0 radical (unpaired) electrons. The number of rotatable bonds is 4. The molecule has 0 saturated heterocycles. The monoisotopic (exact) mass is 262 g/mol. The van der Waals surface area contributed by atoms with Crippen molar-refractivity contribution in [1.82, 2.24) is 0 Å². The van der Waals surface area contributed by atoms with Crippen molar-refractivity contribution in [3.63, 3.8) is 0 Å². The molecule has 0 amide bonds. The van der Waals surface area contributed by atoms with Gasteiger partial charge in [-0.05, 0) is 23.6 Å². The molecular formula is C19H18O. The van der Waals surface area contributed by atoms with Crippen molar-refractivity contribution in [3.05, 3.63) is 83.6 Å². The van der Waals surface area contributed by atoms with Gasteiger partial charge in [0.05, 0.1) is 0 Å². The van der Waals surface area contributed by atoms with Gasteiger partial charge in [0.25, 0.3) is 0 Å². The quantitative estimate of drug-likeness (QED) is 0.637. The predicted octanol–water partition coefficient (Wildman–Crippen LogP) is 5.10. The zero-order valence-corrected chi connectivity index (χ0v) is 11.7. The highest BCUT2D eigenvalue weighted by atomic mass is 16.3. The zero-order valence-electron chi connectivity index (χ0n) is 11.7. The lowest BCUT2D eigenvalue weighted by atomic mass is 10.1. The van der Waals surface area contributed by atoms with E-state index in [1.165, 1.54) is 11.1 Å². The molecule has 20 heavy (non-hydrogen) atoms. The van der Waals surface area contributed by atoms with Gasteiger partial charge in [0.15, 0.2) is 0 Å². The zero-order chi connectivity index (χ0) is 13.8. The van der Waals surface area contributed by atoms with E-state index in [0.717, 1.165) is 29.9 Å². The minimum Gasteiger partial charge on any atom is -0.460 e. The Labute approximate surface area is 119 Å². The van der Waals surface area contributed by atoms with Gasteiger partial charge in [-0.25, -0.2) is 0 Å². The van der Waals surface area contributed by atoms with E-state index in [0.29, 0.717) is 0 Å². The van der Waals surface area contributed by atoms with Gasteiger partial charge in [-0.2, -0.15) is 0 Å². The number of aryl methyl sites for hydroxylation is 1. The van der Waals surface area contributed by atoms with Gasteiger partial charge in [-0.15, -0.1) is 0 Å². The Hall–Kier alpha value is -2.28. The van der Waals surface area contributed by atoms with Crippen molar-refractivity contribution in [2.45, 2.75) is 19.8 Å². The Kier molecular flexibility index (Phi) is 3.69. The summed E-state index contributed by atoms with van der Waals surface area (Å²) in [5.41, 5.74) is 3.72. The smallest absolute Gasteiger partial charge is 0.137 e. The third kappa shape index (κ3) is 2.67. The van der Waals surface area contributed by atoms with Crippen LogP contribution >= 0.6 is 0 Å². The summed E-state index contributed by atoms with van der Waals surface area (Å²) in [6.07, 6.45) is 1.84. The molecular weight excluding hydrogens is 244 g/mol. The maximum Gasteiger partial charge on any atom is 0.137 e. The average molecular weight is 262 g/mol. The molecule has 1 nitrogen and oxygen atoms in total. The van der Waals surface area contributed by atoms with Crippen LogP contribution < -0.4 is 0 Å². The molecule has 0 aliphatic rings. The first-order valence-electron chi connectivity index (χ1n) is 7.07. The van der Waals surface area contributed by atoms with Gasteiger partial charge in [0, 0.05) is 12.0 Å². The molecule has 0 aliphatic carbocycles. The molecule has 0 N–H and O–H groups in total. The van der Waals surface area contributed by atoms with Crippen LogP contribution in [-0.4, -0.2) is 0 Å². The van der Waals surface area contributed by atoms with Crippen molar-refractivity contribution in [2.24, 2.45) is 0 Å². The summed E-state index contributed by atoms with van der Waals surface area (Å²) in [5, 5.41) is 0. The molecule has 1 heterocycles. The summed E-state index contributed by atoms with van der Waals surface area (Å²) >= 11 is 0. The number of furan rings is 1. The van der Waals surface area contributed by atoms with Gasteiger partial charge >= 0.3 is 0 Å². The second-order valence-electron chi connectivity index (χ2n) is 4.95. The van der Waals surface area contributed by atoms with Crippen LogP contribution in [0.3, 0.4) is 0 Å². The van der Waals surface area contributed by atoms with E-state index >= 15 is 0 Å². The topological polar surface area (TPSA) is 13.1 Å². The Morgan fingerprint density at radius 2 is 1.50 bits per heavy atom. The first-order chi connectivity index (χ1) is 9.86. The molecule has 3 aromatic rings. The Bertz CT molecular complexity index is 666. The first kappa shape index (κ1) is 12.7. The Morgan fingerprint density at radius 3 is 2.15 bits per heavy atom. The first-order valence-corrected chi connectivity index (χ1v) is 7.07. The van der Waals surface area contributed by atoms with Crippen molar-refractivity contribution in [1.29, 1.82) is 0 Å². The fourth-order valence-electron chi connectivity index (χ4n) is 2.47. The van der Waals surface area contributed by atoms with E-state index < -0.39 is 0 Å². The van der Waals surface area contributed by atoms with Crippen LogP contribution in [0.25, 0.3) is 11.3 Å². The van der Waals surface area contributed by atoms with Gasteiger partial charge in [0.1, 0.15) is 11.5 Å². The fourth-order valence-corrected chi connectivity index (χ4v) is 2.47. The summed E-state index contributed by atoms with van der Waals surface area (Å²) < 4.78 is 6.10. The van der Waals surface area contributed by atoms with Crippen LogP contribution in [0, 0.1) is 0 Å². The van der Waals surface area contributed by atoms with E-state index in [2.05, 4.69) is 49.4 Å². The molecule has 0 saturated carbocycles.